The van der Waals surface area contributed by atoms with Gasteiger partial charge in [-0.2, -0.15) is 0 Å². The van der Waals surface area contributed by atoms with Crippen molar-refractivity contribution in [3.8, 4) is 39.1 Å². The van der Waals surface area contributed by atoms with Gasteiger partial charge in [-0.1, -0.05) is 153 Å². The lowest BCUT2D eigenvalue weighted by molar-refractivity contribution is 0.332. The molecule has 0 bridgehead atoms. The average molecular weight is 850 g/mol. The third-order valence-electron chi connectivity index (χ3n) is 15.2. The summed E-state index contributed by atoms with van der Waals surface area (Å²) < 4.78 is 9.54. The molecule has 66 heavy (non-hydrogen) atoms. The van der Waals surface area contributed by atoms with E-state index in [4.69, 9.17) is 4.42 Å². The highest BCUT2D eigenvalue weighted by Crippen LogP contribution is 2.51. The Kier molecular flexibility index (Phi) is 8.36. The van der Waals surface area contributed by atoms with Gasteiger partial charge in [-0.05, 0) is 141 Å². The lowest BCUT2D eigenvalue weighted by Gasteiger charge is -2.41. The number of anilines is 2. The van der Waals surface area contributed by atoms with Crippen LogP contribution in [0.15, 0.2) is 168 Å². The molecular weight excluding hydrogens is 800 g/mol. The van der Waals surface area contributed by atoms with E-state index in [1.807, 2.05) is 0 Å². The molecular formula is C62H50BN2O. The quantitative estimate of drug-likeness (QED) is 0.175. The molecule has 4 heteroatoms. The Bertz CT molecular complexity index is 3830. The maximum Gasteiger partial charge on any atom is 0.197 e. The minimum atomic E-state index is 0.0622. The van der Waals surface area contributed by atoms with Crippen LogP contribution in [0.4, 0.5) is 11.4 Å². The van der Waals surface area contributed by atoms with Gasteiger partial charge in [0.2, 0.25) is 0 Å². The SMILES string of the molecule is Cc1ccc(Nc2cc3oc4cc5c(cc4c3cc2-c2cc(-c3ccccc3-c3ccccc3)c3c4c6ccccc6ccc4n4c3c2[B]c2cc(C)ccc2-4)C(C)(C)CCC5(C)C)cc1. The van der Waals surface area contributed by atoms with Crippen LogP contribution in [0, 0.1) is 13.8 Å². The van der Waals surface area contributed by atoms with E-state index in [-0.39, 0.29) is 10.8 Å². The van der Waals surface area contributed by atoms with Crippen molar-refractivity contribution in [3.05, 3.63) is 186 Å². The minimum Gasteiger partial charge on any atom is -0.456 e. The Morgan fingerprint density at radius 1 is 0.530 bits per heavy atom. The maximum absolute atomic E-state index is 6.97. The van der Waals surface area contributed by atoms with Crippen molar-refractivity contribution in [2.24, 2.45) is 0 Å². The number of aryl methyl sites for hydroxylation is 2. The minimum absolute atomic E-state index is 0.0622. The molecule has 317 valence electrons. The smallest absolute Gasteiger partial charge is 0.197 e. The van der Waals surface area contributed by atoms with Crippen LogP contribution in [0.1, 0.15) is 62.8 Å². The Hall–Kier alpha value is -7.30. The fourth-order valence-electron chi connectivity index (χ4n) is 11.6. The van der Waals surface area contributed by atoms with Crippen LogP contribution in [-0.2, 0) is 10.8 Å². The summed E-state index contributed by atoms with van der Waals surface area (Å²) in [6, 6.07) is 61.1. The van der Waals surface area contributed by atoms with Gasteiger partial charge in [-0.25, -0.2) is 0 Å². The first kappa shape index (κ1) is 39.1. The molecule has 13 rings (SSSR count). The van der Waals surface area contributed by atoms with Crippen molar-refractivity contribution in [2.45, 2.75) is 65.2 Å². The number of nitrogens with zero attached hydrogens (tertiary/aromatic N) is 1. The van der Waals surface area contributed by atoms with E-state index >= 15 is 0 Å². The number of aromatic nitrogens is 1. The summed E-state index contributed by atoms with van der Waals surface area (Å²) in [6.45, 7) is 14.0. The van der Waals surface area contributed by atoms with Gasteiger partial charge in [0.05, 0.1) is 11.2 Å². The highest BCUT2D eigenvalue weighted by Gasteiger charge is 2.38. The largest absolute Gasteiger partial charge is 0.456 e. The van der Waals surface area contributed by atoms with E-state index in [1.54, 1.807) is 0 Å². The molecule has 0 fully saturated rings. The molecule has 0 amide bonds. The van der Waals surface area contributed by atoms with E-state index in [9.17, 15) is 0 Å². The molecule has 1 N–H and O–H groups in total. The summed E-state index contributed by atoms with van der Waals surface area (Å²) in [7, 11) is 2.46. The predicted molar refractivity (Wildman–Crippen MR) is 281 cm³/mol. The topological polar surface area (TPSA) is 30.1 Å². The second-order valence-corrected chi connectivity index (χ2v) is 20.4. The second kappa shape index (κ2) is 14.1. The zero-order chi connectivity index (χ0) is 44.6. The summed E-state index contributed by atoms with van der Waals surface area (Å²) in [5.74, 6) is 0. The van der Waals surface area contributed by atoms with Gasteiger partial charge in [-0.3, -0.25) is 0 Å². The standard InChI is InChI=1S/C62H50BN2O/c1-36-20-24-40(25-21-36)64-52-35-56-45(46-33-49-50(34-55(46)66-56)62(5,6)29-28-61(49,3)4)31-44(52)48-32-47(43-19-13-12-17-41(43)38-14-8-7-9-15-38)58-57-42-18-11-10-16-39(42)23-27-54(57)65-53-26-22-37(2)30-51(53)63-59(48)60(58)65/h7-27,30-35,64H,28-29H2,1-6H3. The van der Waals surface area contributed by atoms with Crippen LogP contribution < -0.4 is 16.2 Å². The maximum atomic E-state index is 6.97. The van der Waals surface area contributed by atoms with Gasteiger partial charge in [0.25, 0.3) is 0 Å². The lowest BCUT2D eigenvalue weighted by atomic mass is 9.58. The number of furan rings is 1. The lowest BCUT2D eigenvalue weighted by Crippen LogP contribution is -2.37. The van der Waals surface area contributed by atoms with E-state index < -0.39 is 0 Å². The molecule has 3 nitrogen and oxygen atoms in total. The molecule has 1 radical (unpaired) electrons. The van der Waals surface area contributed by atoms with E-state index in [0.717, 1.165) is 46.3 Å². The Labute approximate surface area is 387 Å². The molecule has 1 aliphatic heterocycles. The van der Waals surface area contributed by atoms with E-state index in [0.29, 0.717) is 0 Å². The molecule has 0 spiro atoms. The normalized spacial score (nSPS) is 14.8. The summed E-state index contributed by atoms with van der Waals surface area (Å²) in [4.78, 5) is 0. The van der Waals surface area contributed by atoms with Crippen LogP contribution >= 0.6 is 0 Å². The third-order valence-corrected chi connectivity index (χ3v) is 15.2. The first-order valence-corrected chi connectivity index (χ1v) is 23.5. The molecule has 0 saturated heterocycles. The zero-order valence-electron chi connectivity index (χ0n) is 38.4. The average Bonchev–Trinajstić information content (AvgIpc) is 3.87. The van der Waals surface area contributed by atoms with E-state index in [1.165, 1.54) is 105 Å². The predicted octanol–water partition coefficient (Wildman–Crippen LogP) is 15.5. The van der Waals surface area contributed by atoms with Crippen molar-refractivity contribution in [3.63, 3.8) is 0 Å². The van der Waals surface area contributed by atoms with Crippen molar-refractivity contribution in [1.82, 2.24) is 4.57 Å². The Morgan fingerprint density at radius 2 is 1.21 bits per heavy atom. The van der Waals surface area contributed by atoms with Gasteiger partial charge in [0.15, 0.2) is 7.28 Å². The van der Waals surface area contributed by atoms with Crippen LogP contribution in [0.25, 0.3) is 93.6 Å². The van der Waals surface area contributed by atoms with Gasteiger partial charge >= 0.3 is 0 Å². The van der Waals surface area contributed by atoms with Gasteiger partial charge in [0.1, 0.15) is 11.2 Å². The first-order chi connectivity index (χ1) is 32.0. The number of rotatable bonds is 5. The fourth-order valence-corrected chi connectivity index (χ4v) is 11.6. The van der Waals surface area contributed by atoms with E-state index in [2.05, 4.69) is 222 Å². The van der Waals surface area contributed by atoms with Gasteiger partial charge in [-0.15, -0.1) is 0 Å². The van der Waals surface area contributed by atoms with Crippen molar-refractivity contribution >= 4 is 84.1 Å². The molecule has 0 unspecified atom stereocenters. The molecule has 1 aliphatic carbocycles. The Balaban J connectivity index is 1.20. The van der Waals surface area contributed by atoms with Crippen molar-refractivity contribution in [2.75, 3.05) is 5.32 Å². The van der Waals surface area contributed by atoms with Crippen LogP contribution in [0.2, 0.25) is 0 Å². The number of benzene rings is 9. The fraction of sp³-hybridized carbons (Fsp3) is 0.161. The zero-order valence-corrected chi connectivity index (χ0v) is 38.4. The molecule has 2 aliphatic rings. The Morgan fingerprint density at radius 3 is 2.02 bits per heavy atom. The second-order valence-electron chi connectivity index (χ2n) is 20.4. The summed E-state index contributed by atoms with van der Waals surface area (Å²) in [5, 5.41) is 11.3. The molecule has 0 saturated carbocycles. The monoisotopic (exact) mass is 849 g/mol. The molecule has 0 atom stereocenters. The summed E-state index contributed by atoms with van der Waals surface area (Å²) in [5.41, 5.74) is 22.5. The van der Waals surface area contributed by atoms with Crippen LogP contribution in [0.5, 0.6) is 0 Å². The van der Waals surface area contributed by atoms with Gasteiger partial charge in [0, 0.05) is 50.1 Å². The molecule has 9 aromatic carbocycles. The number of hydrogen-bond acceptors (Lipinski definition) is 2. The third kappa shape index (κ3) is 5.83. The van der Waals surface area contributed by atoms with Crippen LogP contribution in [-0.4, -0.2) is 11.8 Å². The van der Waals surface area contributed by atoms with Crippen LogP contribution in [0.3, 0.4) is 0 Å². The molecule has 11 aromatic rings. The highest BCUT2D eigenvalue weighted by atomic mass is 16.3. The highest BCUT2D eigenvalue weighted by molar-refractivity contribution is 6.73. The first-order valence-electron chi connectivity index (χ1n) is 23.5. The van der Waals surface area contributed by atoms with Crippen molar-refractivity contribution in [1.29, 1.82) is 0 Å². The number of nitrogens with one attached hydrogen (secondary N) is 1. The van der Waals surface area contributed by atoms with Crippen molar-refractivity contribution < 1.29 is 4.42 Å². The molecule has 2 aromatic heterocycles. The number of fused-ring (bicyclic) bond motifs is 11. The summed E-state index contributed by atoms with van der Waals surface area (Å²) >= 11 is 0. The summed E-state index contributed by atoms with van der Waals surface area (Å²) in [6.07, 6.45) is 2.31. The van der Waals surface area contributed by atoms with Gasteiger partial charge < -0.3 is 14.3 Å². The molecule has 3 heterocycles. The number of hydrogen-bond donors (Lipinski definition) is 1.